The number of unbranched alkanes of at least 4 members (excludes halogenated alkanes) is 41. The zero-order chi connectivity index (χ0) is 69.0. The van der Waals surface area contributed by atoms with Crippen molar-refractivity contribution in [3.63, 3.8) is 0 Å². The van der Waals surface area contributed by atoms with E-state index >= 15 is 0 Å². The molecule has 0 saturated heterocycles. The Bertz CT molecular complexity index is 1930. The maximum atomic E-state index is 13.0. The largest absolute Gasteiger partial charge is 0.472 e. The monoisotopic (exact) mass is 1370 g/mol. The normalized spacial score (nSPS) is 14.2. The molecule has 3 N–H and O–H groups in total. The SMILES string of the molecule is CCCC/C=C\CCCCCCCC(=O)OC(COC(=O)CCCCCCCCCCCCCCCCC)COP(=O)(O)OCC(O)COP(=O)(O)OCC(COC(=O)CCCCCCC/C=C\CCCCCCCC)OC(=O)CCCCCCC/C=C\CCCCCC. The van der Waals surface area contributed by atoms with Crippen LogP contribution >= 0.6 is 15.6 Å². The molecule has 0 radical (unpaired) electrons. The van der Waals surface area contributed by atoms with E-state index in [9.17, 15) is 43.2 Å². The van der Waals surface area contributed by atoms with Crippen LogP contribution < -0.4 is 0 Å². The number of allylic oxidation sites excluding steroid dienone is 6. The first-order valence-corrected chi connectivity index (χ1v) is 41.2. The summed E-state index contributed by atoms with van der Waals surface area (Å²) in [6.45, 7) is 4.85. The Balaban J connectivity index is 5.28. The number of hydrogen-bond acceptors (Lipinski definition) is 15. The maximum absolute atomic E-state index is 13.0. The summed E-state index contributed by atoms with van der Waals surface area (Å²) in [6.07, 6.45) is 62.8. The molecular formula is C75H140O17P2. The molecule has 0 aliphatic rings. The van der Waals surface area contributed by atoms with E-state index < -0.39 is 97.5 Å². The fourth-order valence-corrected chi connectivity index (χ4v) is 12.2. The number of phosphoric ester groups is 2. The topological polar surface area (TPSA) is 237 Å². The van der Waals surface area contributed by atoms with Crippen LogP contribution in [0.5, 0.6) is 0 Å². The van der Waals surface area contributed by atoms with Crippen molar-refractivity contribution >= 4 is 39.5 Å². The Kier molecular flexibility index (Phi) is 66.8. The Morgan fingerprint density at radius 3 is 0.777 bits per heavy atom. The van der Waals surface area contributed by atoms with E-state index in [1.165, 1.54) is 148 Å². The highest BCUT2D eigenvalue weighted by molar-refractivity contribution is 7.47. The summed E-state index contributed by atoms with van der Waals surface area (Å²) in [5, 5.41) is 10.6. The third-order valence-corrected chi connectivity index (χ3v) is 18.5. The van der Waals surface area contributed by atoms with E-state index in [1.807, 2.05) is 0 Å². The van der Waals surface area contributed by atoms with E-state index in [0.717, 1.165) is 135 Å². The predicted molar refractivity (Wildman–Crippen MR) is 381 cm³/mol. The van der Waals surface area contributed by atoms with Crippen LogP contribution in [0.2, 0.25) is 0 Å². The lowest BCUT2D eigenvalue weighted by Gasteiger charge is -2.21. The number of esters is 4. The minimum absolute atomic E-state index is 0.0891. The first-order chi connectivity index (χ1) is 45.7. The van der Waals surface area contributed by atoms with Crippen molar-refractivity contribution in [3.8, 4) is 0 Å². The molecule has 0 heterocycles. The molecule has 0 bridgehead atoms. The number of rotatable bonds is 73. The van der Waals surface area contributed by atoms with Gasteiger partial charge in [0.05, 0.1) is 26.4 Å². The number of ether oxygens (including phenoxy) is 4. The zero-order valence-electron chi connectivity index (χ0n) is 60.2. The highest BCUT2D eigenvalue weighted by atomic mass is 31.2. The van der Waals surface area contributed by atoms with Crippen molar-refractivity contribution in [2.24, 2.45) is 0 Å². The maximum Gasteiger partial charge on any atom is 0.472 e. The minimum Gasteiger partial charge on any atom is -0.462 e. The number of carbonyl (C=O) groups excluding carboxylic acids is 4. The molecule has 5 unspecified atom stereocenters. The number of aliphatic hydroxyl groups is 1. The fraction of sp³-hybridized carbons (Fsp3) is 0.867. The number of hydrogen-bond donors (Lipinski definition) is 3. The summed E-state index contributed by atoms with van der Waals surface area (Å²) in [4.78, 5) is 72.7. The van der Waals surface area contributed by atoms with Gasteiger partial charge < -0.3 is 33.8 Å². The van der Waals surface area contributed by atoms with E-state index in [-0.39, 0.29) is 25.7 Å². The van der Waals surface area contributed by atoms with Crippen LogP contribution in [0.1, 0.15) is 362 Å². The Morgan fingerprint density at radius 1 is 0.287 bits per heavy atom. The van der Waals surface area contributed by atoms with Gasteiger partial charge in [-0.05, 0) is 96.3 Å². The lowest BCUT2D eigenvalue weighted by molar-refractivity contribution is -0.161. The third-order valence-electron chi connectivity index (χ3n) is 16.6. The van der Waals surface area contributed by atoms with Crippen LogP contribution in [-0.2, 0) is 65.4 Å². The Hall–Kier alpha value is -2.72. The molecule has 0 aliphatic carbocycles. The van der Waals surface area contributed by atoms with Gasteiger partial charge in [-0.3, -0.25) is 37.3 Å². The van der Waals surface area contributed by atoms with Crippen molar-refractivity contribution in [2.75, 3.05) is 39.6 Å². The van der Waals surface area contributed by atoms with Crippen LogP contribution in [0.15, 0.2) is 36.5 Å². The highest BCUT2D eigenvalue weighted by Crippen LogP contribution is 2.45. The molecule has 0 fully saturated rings. The zero-order valence-corrected chi connectivity index (χ0v) is 61.9. The van der Waals surface area contributed by atoms with Crippen LogP contribution in [0.3, 0.4) is 0 Å². The molecule has 0 aromatic heterocycles. The van der Waals surface area contributed by atoms with E-state index in [1.54, 1.807) is 0 Å². The second-order valence-corrected chi connectivity index (χ2v) is 28.9. The van der Waals surface area contributed by atoms with Gasteiger partial charge in [0.1, 0.15) is 19.3 Å². The van der Waals surface area contributed by atoms with Crippen LogP contribution in [0, 0.1) is 0 Å². The molecule has 0 amide bonds. The van der Waals surface area contributed by atoms with Gasteiger partial charge in [-0.25, -0.2) is 9.13 Å². The van der Waals surface area contributed by atoms with Gasteiger partial charge in [-0.1, -0.05) is 276 Å². The standard InChI is InChI=1S/C75H140O17P2/c1-5-9-13-17-21-25-29-32-34-37-40-43-47-51-55-59-72(77)85-65-70(91-74(79)61-57-53-49-45-39-28-24-20-16-12-8-4)67-89-93(81,82)87-63-69(76)64-88-94(83,84)90-68-71(92-75(80)62-58-54-50-46-42-36-31-27-23-19-15-11-7-3)66-86-73(78)60-56-52-48-44-41-38-35-33-30-26-22-18-14-10-6-2/h20,24,27,31,33,35,69-71,76H,5-19,21-23,25-26,28-30,32,34,36-68H2,1-4H3,(H,81,82)(H,83,84)/b24-20-,31-27-,35-33-. The van der Waals surface area contributed by atoms with Gasteiger partial charge in [-0.2, -0.15) is 0 Å². The molecule has 19 heteroatoms. The van der Waals surface area contributed by atoms with Gasteiger partial charge in [-0.15, -0.1) is 0 Å². The van der Waals surface area contributed by atoms with Crippen molar-refractivity contribution in [2.45, 2.75) is 380 Å². The highest BCUT2D eigenvalue weighted by Gasteiger charge is 2.30. The molecule has 0 aromatic rings. The van der Waals surface area contributed by atoms with Gasteiger partial charge in [0, 0.05) is 25.7 Å². The molecule has 552 valence electrons. The van der Waals surface area contributed by atoms with E-state index in [4.69, 9.17) is 37.0 Å². The Labute approximate surface area is 573 Å². The lowest BCUT2D eigenvalue weighted by atomic mass is 10.0. The van der Waals surface area contributed by atoms with Crippen molar-refractivity contribution in [1.82, 2.24) is 0 Å². The summed E-state index contributed by atoms with van der Waals surface area (Å²) < 4.78 is 68.4. The molecule has 94 heavy (non-hydrogen) atoms. The van der Waals surface area contributed by atoms with Gasteiger partial charge in [0.2, 0.25) is 0 Å². The molecule has 0 saturated carbocycles. The van der Waals surface area contributed by atoms with E-state index in [0.29, 0.717) is 25.7 Å². The molecule has 0 aliphatic heterocycles. The first kappa shape index (κ1) is 91.3. The van der Waals surface area contributed by atoms with E-state index in [2.05, 4.69) is 64.2 Å². The van der Waals surface area contributed by atoms with Crippen LogP contribution in [0.25, 0.3) is 0 Å². The fourth-order valence-electron chi connectivity index (χ4n) is 10.7. The molecule has 0 aromatic carbocycles. The average Bonchev–Trinajstić information content (AvgIpc) is 2.22. The number of phosphoric acid groups is 2. The smallest absolute Gasteiger partial charge is 0.462 e. The summed E-state index contributed by atoms with van der Waals surface area (Å²) in [6, 6.07) is 0. The minimum atomic E-state index is -4.96. The first-order valence-electron chi connectivity index (χ1n) is 38.2. The van der Waals surface area contributed by atoms with Crippen molar-refractivity contribution in [1.29, 1.82) is 0 Å². The van der Waals surface area contributed by atoms with Crippen molar-refractivity contribution in [3.05, 3.63) is 36.5 Å². The number of aliphatic hydroxyl groups excluding tert-OH is 1. The lowest BCUT2D eigenvalue weighted by Crippen LogP contribution is -2.30. The molecular weight excluding hydrogens is 1230 g/mol. The molecule has 0 rings (SSSR count). The third kappa shape index (κ3) is 67.8. The second-order valence-electron chi connectivity index (χ2n) is 25.9. The summed E-state index contributed by atoms with van der Waals surface area (Å²) in [7, 11) is -9.93. The summed E-state index contributed by atoms with van der Waals surface area (Å²) >= 11 is 0. The van der Waals surface area contributed by atoms with Crippen LogP contribution in [0.4, 0.5) is 0 Å². The second kappa shape index (κ2) is 68.8. The number of carbonyl (C=O) groups is 4. The molecule has 17 nitrogen and oxygen atoms in total. The van der Waals surface area contributed by atoms with Gasteiger partial charge in [0.25, 0.3) is 0 Å². The van der Waals surface area contributed by atoms with Gasteiger partial charge in [0.15, 0.2) is 12.2 Å². The van der Waals surface area contributed by atoms with Crippen molar-refractivity contribution < 1.29 is 80.2 Å². The predicted octanol–water partition coefficient (Wildman–Crippen LogP) is 21.6. The average molecular weight is 1380 g/mol. The summed E-state index contributed by atoms with van der Waals surface area (Å²) in [5.41, 5.74) is 0. The van der Waals surface area contributed by atoms with Gasteiger partial charge >= 0.3 is 39.5 Å². The van der Waals surface area contributed by atoms with Crippen LogP contribution in [-0.4, -0.2) is 96.7 Å². The quantitative estimate of drug-likeness (QED) is 0.0169. The molecule has 5 atom stereocenters. The summed E-state index contributed by atoms with van der Waals surface area (Å²) in [5.74, 6) is -2.17. The Morgan fingerprint density at radius 2 is 0.500 bits per heavy atom. The molecule has 0 spiro atoms.